The summed E-state index contributed by atoms with van der Waals surface area (Å²) in [5.41, 5.74) is 5.09. The van der Waals surface area contributed by atoms with Gasteiger partial charge in [0, 0.05) is 10.6 Å². The molecule has 170 valence electrons. The number of hydrogen-bond donors (Lipinski definition) is 1. The van der Waals surface area contributed by atoms with E-state index >= 15 is 0 Å². The molecule has 3 aromatic rings. The number of thiocarbonyl (C=S) groups is 1. The Hall–Kier alpha value is -3.46. The zero-order chi connectivity index (χ0) is 24.2. The summed E-state index contributed by atoms with van der Waals surface area (Å²) in [7, 11) is 0. The molecule has 1 fully saturated rings. The quantitative estimate of drug-likeness (QED) is 0.215. The number of nitrogens with zero attached hydrogens (tertiary/aromatic N) is 1. The van der Waals surface area contributed by atoms with E-state index in [1.165, 1.54) is 0 Å². The first-order valence-electron chi connectivity index (χ1n) is 10.0. The lowest BCUT2D eigenvalue weighted by molar-refractivity contribution is -0.123. The first-order chi connectivity index (χ1) is 16.3. The molecule has 0 radical (unpaired) electrons. The van der Waals surface area contributed by atoms with Gasteiger partial charge in [0.1, 0.15) is 5.75 Å². The SMILES string of the molecule is Cc1ccc(C(=O)NN2C(=O)/C(=C\c3ccc(OC(=O)c4ccc(Cl)cc4)cc3)SC2=S)cc1. The minimum atomic E-state index is -0.505. The molecule has 1 aliphatic rings. The Morgan fingerprint density at radius 2 is 1.59 bits per heavy atom. The van der Waals surface area contributed by atoms with Crippen LogP contribution in [0.15, 0.2) is 77.7 Å². The van der Waals surface area contributed by atoms with Crippen LogP contribution >= 0.6 is 35.6 Å². The molecule has 0 aliphatic carbocycles. The number of hydrogen-bond acceptors (Lipinski definition) is 6. The summed E-state index contributed by atoms with van der Waals surface area (Å²) in [6.07, 6.45) is 1.65. The summed E-state index contributed by atoms with van der Waals surface area (Å²) in [4.78, 5) is 37.9. The van der Waals surface area contributed by atoms with Gasteiger partial charge in [-0.15, -0.1) is 0 Å². The van der Waals surface area contributed by atoms with Crippen LogP contribution in [0.5, 0.6) is 5.75 Å². The van der Waals surface area contributed by atoms with E-state index in [0.29, 0.717) is 32.4 Å². The standard InChI is InChI=1S/C25H17ClN2O4S2/c1-15-2-6-17(7-3-15)22(29)27-28-23(30)21(34-25(28)33)14-16-4-12-20(13-5-16)32-24(31)18-8-10-19(26)11-9-18/h2-14H,1H3,(H,27,29)/b21-14+. The number of halogens is 1. The van der Waals surface area contributed by atoms with Crippen LogP contribution in [0.2, 0.25) is 5.02 Å². The molecule has 9 heteroatoms. The van der Waals surface area contributed by atoms with Gasteiger partial charge in [-0.05, 0) is 79.3 Å². The second-order valence-electron chi connectivity index (χ2n) is 7.29. The number of ether oxygens (including phenoxy) is 1. The molecule has 0 unspecified atom stereocenters. The lowest BCUT2D eigenvalue weighted by atomic mass is 10.1. The zero-order valence-electron chi connectivity index (χ0n) is 17.8. The highest BCUT2D eigenvalue weighted by molar-refractivity contribution is 8.26. The smallest absolute Gasteiger partial charge is 0.343 e. The molecule has 3 aromatic carbocycles. The van der Waals surface area contributed by atoms with Gasteiger partial charge < -0.3 is 4.74 Å². The van der Waals surface area contributed by atoms with E-state index in [1.54, 1.807) is 66.7 Å². The lowest BCUT2D eigenvalue weighted by Gasteiger charge is -2.15. The number of carbonyl (C=O) groups is 3. The third-order valence-electron chi connectivity index (χ3n) is 4.79. The molecule has 0 spiro atoms. The molecule has 1 heterocycles. The van der Waals surface area contributed by atoms with Crippen LogP contribution in [0.1, 0.15) is 31.8 Å². The lowest BCUT2D eigenvalue weighted by Crippen LogP contribution is -2.44. The number of benzene rings is 3. The first-order valence-corrected chi connectivity index (χ1v) is 11.6. The fraction of sp³-hybridized carbons (Fsp3) is 0.0400. The molecule has 1 saturated heterocycles. The summed E-state index contributed by atoms with van der Waals surface area (Å²) >= 11 is 12.2. The average Bonchev–Trinajstić information content (AvgIpc) is 3.08. The Labute approximate surface area is 210 Å². The van der Waals surface area contributed by atoms with Crippen molar-refractivity contribution in [3.05, 3.63) is 105 Å². The topological polar surface area (TPSA) is 75.7 Å². The fourth-order valence-electron chi connectivity index (χ4n) is 2.97. The highest BCUT2D eigenvalue weighted by Gasteiger charge is 2.33. The van der Waals surface area contributed by atoms with Crippen molar-refractivity contribution in [1.82, 2.24) is 10.4 Å². The third-order valence-corrected chi connectivity index (χ3v) is 6.34. The van der Waals surface area contributed by atoms with Crippen molar-refractivity contribution in [3.63, 3.8) is 0 Å². The summed E-state index contributed by atoms with van der Waals surface area (Å²) in [6.45, 7) is 1.92. The van der Waals surface area contributed by atoms with Crippen molar-refractivity contribution in [2.75, 3.05) is 0 Å². The maximum atomic E-state index is 12.8. The molecule has 6 nitrogen and oxygen atoms in total. The summed E-state index contributed by atoms with van der Waals surface area (Å²) < 4.78 is 5.59. The van der Waals surface area contributed by atoms with Gasteiger partial charge in [0.05, 0.1) is 10.5 Å². The molecule has 4 rings (SSSR count). The van der Waals surface area contributed by atoms with Crippen molar-refractivity contribution >= 4 is 63.8 Å². The van der Waals surface area contributed by atoms with Crippen LogP contribution in [0.4, 0.5) is 0 Å². The van der Waals surface area contributed by atoms with Gasteiger partial charge >= 0.3 is 5.97 Å². The van der Waals surface area contributed by atoms with Gasteiger partial charge in [0.2, 0.25) is 0 Å². The van der Waals surface area contributed by atoms with Gasteiger partial charge in [-0.25, -0.2) is 4.79 Å². The Kier molecular flexibility index (Phi) is 7.12. The number of rotatable bonds is 5. The van der Waals surface area contributed by atoms with Crippen LogP contribution in [0, 0.1) is 6.92 Å². The minimum absolute atomic E-state index is 0.227. The van der Waals surface area contributed by atoms with E-state index in [-0.39, 0.29) is 4.32 Å². The van der Waals surface area contributed by atoms with E-state index in [2.05, 4.69) is 5.43 Å². The van der Waals surface area contributed by atoms with Crippen LogP contribution in [0.25, 0.3) is 6.08 Å². The van der Waals surface area contributed by atoms with Gasteiger partial charge in [-0.2, -0.15) is 5.01 Å². The zero-order valence-corrected chi connectivity index (χ0v) is 20.2. The number of nitrogens with one attached hydrogen (secondary N) is 1. The number of amides is 2. The summed E-state index contributed by atoms with van der Waals surface area (Å²) in [5.74, 6) is -0.997. The fourth-order valence-corrected chi connectivity index (χ4v) is 4.28. The molecule has 2 amide bonds. The van der Waals surface area contributed by atoms with E-state index in [1.807, 2.05) is 19.1 Å². The molecular formula is C25H17ClN2O4S2. The molecule has 1 aliphatic heterocycles. The highest BCUT2D eigenvalue weighted by Crippen LogP contribution is 2.31. The van der Waals surface area contributed by atoms with Crippen molar-refractivity contribution in [3.8, 4) is 5.75 Å². The van der Waals surface area contributed by atoms with Crippen molar-refractivity contribution < 1.29 is 19.1 Å². The molecule has 0 aromatic heterocycles. The van der Waals surface area contributed by atoms with Crippen molar-refractivity contribution in [2.24, 2.45) is 0 Å². The second kappa shape index (κ2) is 10.2. The minimum Gasteiger partial charge on any atom is -0.423 e. The Morgan fingerprint density at radius 3 is 2.24 bits per heavy atom. The van der Waals surface area contributed by atoms with Crippen molar-refractivity contribution in [2.45, 2.75) is 6.92 Å². The first kappa shape index (κ1) is 23.7. The van der Waals surface area contributed by atoms with Crippen LogP contribution in [-0.2, 0) is 4.79 Å². The van der Waals surface area contributed by atoms with E-state index < -0.39 is 17.8 Å². The van der Waals surface area contributed by atoms with E-state index in [9.17, 15) is 14.4 Å². The monoisotopic (exact) mass is 508 g/mol. The number of thioether (sulfide) groups is 1. The van der Waals surface area contributed by atoms with E-state index in [4.69, 9.17) is 28.6 Å². The molecule has 1 N–H and O–H groups in total. The number of aryl methyl sites for hydroxylation is 1. The van der Waals surface area contributed by atoms with Gasteiger partial charge in [-0.3, -0.25) is 15.0 Å². The van der Waals surface area contributed by atoms with Gasteiger partial charge in [0.25, 0.3) is 11.8 Å². The van der Waals surface area contributed by atoms with Crippen molar-refractivity contribution in [1.29, 1.82) is 0 Å². The number of esters is 1. The maximum Gasteiger partial charge on any atom is 0.343 e. The van der Waals surface area contributed by atoms with Gasteiger partial charge in [-0.1, -0.05) is 53.2 Å². The third kappa shape index (κ3) is 5.53. The van der Waals surface area contributed by atoms with Crippen LogP contribution < -0.4 is 10.2 Å². The van der Waals surface area contributed by atoms with Crippen LogP contribution in [0.3, 0.4) is 0 Å². The summed E-state index contributed by atoms with van der Waals surface area (Å²) in [6, 6.07) is 20.0. The largest absolute Gasteiger partial charge is 0.423 e. The highest BCUT2D eigenvalue weighted by atomic mass is 35.5. The normalized spacial score (nSPS) is 14.4. The Morgan fingerprint density at radius 1 is 0.971 bits per heavy atom. The predicted molar refractivity (Wildman–Crippen MR) is 137 cm³/mol. The summed E-state index contributed by atoms with van der Waals surface area (Å²) in [5, 5.41) is 1.59. The Bertz CT molecular complexity index is 1300. The molecule has 34 heavy (non-hydrogen) atoms. The average molecular weight is 509 g/mol. The second-order valence-corrected chi connectivity index (χ2v) is 9.40. The maximum absolute atomic E-state index is 12.8. The van der Waals surface area contributed by atoms with Gasteiger partial charge in [0.15, 0.2) is 4.32 Å². The Balaban J connectivity index is 1.41. The molecule has 0 bridgehead atoms. The van der Waals surface area contributed by atoms with Crippen LogP contribution in [-0.4, -0.2) is 27.1 Å². The number of carbonyl (C=O) groups excluding carboxylic acids is 3. The van der Waals surface area contributed by atoms with E-state index in [0.717, 1.165) is 22.3 Å². The molecular weight excluding hydrogens is 492 g/mol. The molecule has 0 saturated carbocycles. The number of hydrazine groups is 1. The molecule has 0 atom stereocenters. The predicted octanol–water partition coefficient (Wildman–Crippen LogP) is 5.41.